The van der Waals surface area contributed by atoms with Crippen LogP contribution in [0.2, 0.25) is 0 Å². The Kier molecular flexibility index (Phi) is 6.45. The molecule has 3 unspecified atom stereocenters. The summed E-state index contributed by atoms with van der Waals surface area (Å²) in [4.78, 5) is 0. The van der Waals surface area contributed by atoms with Crippen LogP contribution in [0.15, 0.2) is 0 Å². The highest BCUT2D eigenvalue weighted by molar-refractivity contribution is 4.85. The molecule has 0 bridgehead atoms. The minimum absolute atomic E-state index is 0.852. The van der Waals surface area contributed by atoms with Gasteiger partial charge in [0.1, 0.15) is 0 Å². The molecule has 0 radical (unpaired) electrons. The van der Waals surface area contributed by atoms with Gasteiger partial charge in [0.05, 0.1) is 0 Å². The van der Waals surface area contributed by atoms with Crippen molar-refractivity contribution in [2.24, 2.45) is 23.5 Å². The summed E-state index contributed by atoms with van der Waals surface area (Å²) in [7, 11) is 0. The maximum absolute atomic E-state index is 5.56. The maximum Gasteiger partial charge on any atom is -0.00460 e. The topological polar surface area (TPSA) is 26.0 Å². The summed E-state index contributed by atoms with van der Waals surface area (Å²) in [5.41, 5.74) is 5.56. The quantitative estimate of drug-likeness (QED) is 0.679. The largest absolute Gasteiger partial charge is 0.330 e. The lowest BCUT2D eigenvalue weighted by Gasteiger charge is -2.42. The number of hydrogen-bond acceptors (Lipinski definition) is 1. The average molecular weight is 171 g/mol. The highest BCUT2D eigenvalue weighted by atomic mass is 14.6. The van der Waals surface area contributed by atoms with E-state index in [1.807, 2.05) is 0 Å². The first kappa shape index (κ1) is 12.0. The van der Waals surface area contributed by atoms with Crippen LogP contribution in [0.5, 0.6) is 0 Å². The summed E-state index contributed by atoms with van der Waals surface area (Å²) in [6.45, 7) is 9.76. The first-order valence-electron chi connectivity index (χ1n) is 5.41. The zero-order valence-corrected chi connectivity index (χ0v) is 9.14. The van der Waals surface area contributed by atoms with Gasteiger partial charge in [-0.1, -0.05) is 40.5 Å². The van der Waals surface area contributed by atoms with Gasteiger partial charge in [-0.15, -0.1) is 0 Å². The molecule has 0 spiro atoms. The Bertz CT molecular complexity index is 101. The van der Waals surface area contributed by atoms with Crippen molar-refractivity contribution in [2.75, 3.05) is 6.54 Å². The van der Waals surface area contributed by atoms with Crippen LogP contribution in [0.25, 0.3) is 0 Å². The van der Waals surface area contributed by atoms with Gasteiger partial charge in [0.15, 0.2) is 0 Å². The Hall–Kier alpha value is -0.0400. The fourth-order valence-corrected chi connectivity index (χ4v) is 2.10. The van der Waals surface area contributed by atoms with Gasteiger partial charge in [-0.05, 0) is 30.7 Å². The van der Waals surface area contributed by atoms with E-state index in [-0.39, 0.29) is 0 Å². The molecule has 1 aliphatic carbocycles. The number of rotatable bonds is 2. The Balaban J connectivity index is 0.000000354. The van der Waals surface area contributed by atoms with Crippen molar-refractivity contribution in [2.45, 2.75) is 47.0 Å². The molecule has 1 fully saturated rings. The molecule has 1 saturated carbocycles. The first-order valence-corrected chi connectivity index (χ1v) is 5.41. The molecular formula is C11H25N. The molecule has 1 rings (SSSR count). The van der Waals surface area contributed by atoms with Crippen molar-refractivity contribution in [1.82, 2.24) is 0 Å². The van der Waals surface area contributed by atoms with Crippen LogP contribution in [-0.2, 0) is 0 Å². The Morgan fingerprint density at radius 2 is 1.75 bits per heavy atom. The van der Waals surface area contributed by atoms with Crippen LogP contribution in [0.1, 0.15) is 47.0 Å². The molecule has 2 N–H and O–H groups in total. The van der Waals surface area contributed by atoms with E-state index in [0.29, 0.717) is 0 Å². The van der Waals surface area contributed by atoms with Crippen LogP contribution >= 0.6 is 0 Å². The van der Waals surface area contributed by atoms with E-state index >= 15 is 0 Å². The molecule has 0 aliphatic heterocycles. The Morgan fingerprint density at radius 1 is 1.25 bits per heavy atom. The molecule has 0 heterocycles. The zero-order valence-electron chi connectivity index (χ0n) is 9.14. The highest BCUT2D eigenvalue weighted by Crippen LogP contribution is 2.41. The second-order valence-corrected chi connectivity index (χ2v) is 3.99. The summed E-state index contributed by atoms with van der Waals surface area (Å²) in [6, 6.07) is 0. The van der Waals surface area contributed by atoms with Gasteiger partial charge in [-0.3, -0.25) is 0 Å². The normalized spacial score (nSPS) is 33.2. The second-order valence-electron chi connectivity index (χ2n) is 3.99. The van der Waals surface area contributed by atoms with Gasteiger partial charge in [0.2, 0.25) is 0 Å². The maximum atomic E-state index is 5.56. The van der Waals surface area contributed by atoms with Crippen molar-refractivity contribution in [3.63, 3.8) is 0 Å². The lowest BCUT2D eigenvalue weighted by atomic mass is 9.64. The van der Waals surface area contributed by atoms with Crippen LogP contribution in [0, 0.1) is 17.8 Å². The summed E-state index contributed by atoms with van der Waals surface area (Å²) >= 11 is 0. The van der Waals surface area contributed by atoms with Gasteiger partial charge in [-0.25, -0.2) is 0 Å². The molecular weight excluding hydrogens is 146 g/mol. The van der Waals surface area contributed by atoms with Crippen LogP contribution in [0.3, 0.4) is 0 Å². The van der Waals surface area contributed by atoms with Crippen molar-refractivity contribution >= 4 is 0 Å². The third-order valence-corrected chi connectivity index (χ3v) is 2.79. The monoisotopic (exact) mass is 171 g/mol. The van der Waals surface area contributed by atoms with Gasteiger partial charge >= 0.3 is 0 Å². The van der Waals surface area contributed by atoms with Crippen LogP contribution in [0.4, 0.5) is 0 Å². The van der Waals surface area contributed by atoms with E-state index < -0.39 is 0 Å². The van der Waals surface area contributed by atoms with E-state index in [0.717, 1.165) is 24.3 Å². The molecule has 0 aromatic rings. The summed E-state index contributed by atoms with van der Waals surface area (Å²) in [5.74, 6) is 2.74. The van der Waals surface area contributed by atoms with E-state index in [1.54, 1.807) is 0 Å². The standard InChI is InChI=1S/C8H17N.C3H8/c1-3-8-6(2)4-7(8)5-9;1-3-2/h6-8H,3-5,9H2,1-2H3;3H2,1-2H3. The Morgan fingerprint density at radius 3 is 1.92 bits per heavy atom. The molecule has 1 nitrogen and oxygen atoms in total. The number of nitrogens with two attached hydrogens (primary N) is 1. The highest BCUT2D eigenvalue weighted by Gasteiger charge is 2.34. The Labute approximate surface area is 77.7 Å². The molecule has 0 amide bonds. The smallest absolute Gasteiger partial charge is 0.00460 e. The number of hydrogen-bond donors (Lipinski definition) is 1. The third kappa shape index (κ3) is 3.14. The predicted octanol–water partition coefficient (Wildman–Crippen LogP) is 3.04. The van der Waals surface area contributed by atoms with E-state index in [9.17, 15) is 0 Å². The van der Waals surface area contributed by atoms with Crippen molar-refractivity contribution in [3.05, 3.63) is 0 Å². The van der Waals surface area contributed by atoms with Crippen molar-refractivity contribution in [1.29, 1.82) is 0 Å². The van der Waals surface area contributed by atoms with Crippen molar-refractivity contribution < 1.29 is 0 Å². The van der Waals surface area contributed by atoms with Gasteiger partial charge < -0.3 is 5.73 Å². The summed E-state index contributed by atoms with van der Waals surface area (Å²) in [6.07, 6.45) is 3.94. The first-order chi connectivity index (χ1) is 5.71. The average Bonchev–Trinajstić information content (AvgIpc) is 2.02. The molecule has 0 aromatic carbocycles. The van der Waals surface area contributed by atoms with Crippen LogP contribution in [-0.4, -0.2) is 6.54 Å². The van der Waals surface area contributed by atoms with Crippen LogP contribution < -0.4 is 5.73 Å². The lowest BCUT2D eigenvalue weighted by molar-refractivity contribution is 0.0889. The summed E-state index contributed by atoms with van der Waals surface area (Å²) < 4.78 is 0. The van der Waals surface area contributed by atoms with Gasteiger partial charge in [0.25, 0.3) is 0 Å². The van der Waals surface area contributed by atoms with Gasteiger partial charge in [-0.2, -0.15) is 0 Å². The molecule has 1 heteroatoms. The molecule has 74 valence electrons. The zero-order chi connectivity index (χ0) is 9.56. The molecule has 1 aliphatic rings. The fraction of sp³-hybridized carbons (Fsp3) is 1.00. The van der Waals surface area contributed by atoms with E-state index in [2.05, 4.69) is 27.7 Å². The van der Waals surface area contributed by atoms with E-state index in [1.165, 1.54) is 19.3 Å². The fourth-order valence-electron chi connectivity index (χ4n) is 2.10. The second kappa shape index (κ2) is 6.47. The predicted molar refractivity (Wildman–Crippen MR) is 56.1 cm³/mol. The van der Waals surface area contributed by atoms with Gasteiger partial charge in [0, 0.05) is 0 Å². The molecule has 0 aromatic heterocycles. The minimum atomic E-state index is 0.852. The van der Waals surface area contributed by atoms with Crippen molar-refractivity contribution in [3.8, 4) is 0 Å². The molecule has 12 heavy (non-hydrogen) atoms. The SMILES string of the molecule is CCC.CCC1C(C)CC1CN. The molecule has 0 saturated heterocycles. The summed E-state index contributed by atoms with van der Waals surface area (Å²) in [5, 5.41) is 0. The lowest BCUT2D eigenvalue weighted by Crippen LogP contribution is -2.39. The third-order valence-electron chi connectivity index (χ3n) is 2.79. The molecule has 3 atom stereocenters. The van der Waals surface area contributed by atoms with E-state index in [4.69, 9.17) is 5.73 Å². The minimum Gasteiger partial charge on any atom is -0.330 e.